The number of benzene rings is 2. The second kappa shape index (κ2) is 9.17. The Balaban J connectivity index is 1.32. The monoisotopic (exact) mass is 420 g/mol. The first-order valence-electron chi connectivity index (χ1n) is 10.0. The van der Waals surface area contributed by atoms with Gasteiger partial charge in [0.25, 0.3) is 11.1 Å². The second-order valence-corrected chi connectivity index (χ2v) is 8.61. The van der Waals surface area contributed by atoms with E-state index in [1.165, 1.54) is 17.3 Å². The normalized spacial score (nSPS) is 13.3. The molecule has 30 heavy (non-hydrogen) atoms. The van der Waals surface area contributed by atoms with E-state index in [1.54, 1.807) is 0 Å². The van der Waals surface area contributed by atoms with Crippen molar-refractivity contribution in [2.24, 2.45) is 0 Å². The summed E-state index contributed by atoms with van der Waals surface area (Å²) in [6, 6.07) is 18.3. The lowest BCUT2D eigenvalue weighted by Gasteiger charge is -2.16. The number of hydrogen-bond acceptors (Lipinski definition) is 5. The van der Waals surface area contributed by atoms with Crippen molar-refractivity contribution >= 4 is 28.6 Å². The Morgan fingerprint density at radius 1 is 1.10 bits per heavy atom. The lowest BCUT2D eigenvalue weighted by molar-refractivity contribution is -0.120. The number of nitrogens with one attached hydrogen (secondary N) is 2. The molecule has 154 valence electrons. The van der Waals surface area contributed by atoms with Gasteiger partial charge in [-0.3, -0.25) is 4.79 Å². The maximum atomic E-state index is 12.6. The van der Waals surface area contributed by atoms with Crippen molar-refractivity contribution < 1.29 is 9.21 Å². The van der Waals surface area contributed by atoms with Gasteiger partial charge in [-0.2, -0.15) is 0 Å². The fraction of sp³-hybridized carbons (Fsp3) is 0.261. The number of nitrogens with zero attached hydrogens (tertiary/aromatic N) is 2. The zero-order chi connectivity index (χ0) is 20.9. The van der Waals surface area contributed by atoms with E-state index in [9.17, 15) is 4.79 Å². The maximum Gasteiger partial charge on any atom is 0.277 e. The molecule has 2 heterocycles. The topological polar surface area (TPSA) is 83.8 Å². The van der Waals surface area contributed by atoms with Gasteiger partial charge < -0.3 is 14.7 Å². The van der Waals surface area contributed by atoms with E-state index in [1.807, 2.05) is 62.5 Å². The number of thioether (sulfide) groups is 1. The van der Waals surface area contributed by atoms with Crippen molar-refractivity contribution in [2.45, 2.75) is 43.2 Å². The SMILES string of the molecule is C[C@H](Sc1nnc(-c2c[nH]c3ccccc23)o1)C(=O)N[C@@H](C)CCc1ccccc1. The Morgan fingerprint density at radius 3 is 2.70 bits per heavy atom. The summed E-state index contributed by atoms with van der Waals surface area (Å²) in [5, 5.41) is 12.4. The summed E-state index contributed by atoms with van der Waals surface area (Å²) in [5.41, 5.74) is 3.14. The molecule has 2 aromatic heterocycles. The molecule has 2 aromatic carbocycles. The number of aromatic nitrogens is 3. The number of amides is 1. The van der Waals surface area contributed by atoms with E-state index in [4.69, 9.17) is 4.42 Å². The Kier molecular flexibility index (Phi) is 6.18. The molecule has 0 unspecified atom stereocenters. The largest absolute Gasteiger partial charge is 0.411 e. The average molecular weight is 421 g/mol. The molecule has 0 aliphatic carbocycles. The van der Waals surface area contributed by atoms with Crippen molar-refractivity contribution in [1.82, 2.24) is 20.5 Å². The van der Waals surface area contributed by atoms with Gasteiger partial charge in [0.1, 0.15) is 0 Å². The first-order chi connectivity index (χ1) is 14.6. The molecule has 0 spiro atoms. The average Bonchev–Trinajstić information content (AvgIpc) is 3.39. The van der Waals surface area contributed by atoms with Crippen LogP contribution in [0, 0.1) is 0 Å². The standard InChI is InChI=1S/C23H24N4O2S/c1-15(12-13-17-8-4-3-5-9-17)25-21(28)16(2)30-23-27-26-22(29-23)19-14-24-20-11-7-6-10-18(19)20/h3-11,14-16,24H,12-13H2,1-2H3,(H,25,28)/t15-,16-/m0/s1. The molecular formula is C23H24N4O2S. The zero-order valence-electron chi connectivity index (χ0n) is 17.0. The molecule has 4 aromatic rings. The van der Waals surface area contributed by atoms with Gasteiger partial charge in [0, 0.05) is 23.1 Å². The van der Waals surface area contributed by atoms with Crippen LogP contribution in [0.3, 0.4) is 0 Å². The molecule has 0 aliphatic rings. The zero-order valence-corrected chi connectivity index (χ0v) is 17.8. The van der Waals surface area contributed by atoms with E-state index in [-0.39, 0.29) is 17.2 Å². The van der Waals surface area contributed by atoms with Gasteiger partial charge in [0.15, 0.2) is 0 Å². The molecule has 0 radical (unpaired) electrons. The molecule has 0 aliphatic heterocycles. The van der Waals surface area contributed by atoms with Gasteiger partial charge in [-0.25, -0.2) is 0 Å². The minimum absolute atomic E-state index is 0.0348. The number of aryl methyl sites for hydroxylation is 1. The Hall–Kier alpha value is -3.06. The fourth-order valence-corrected chi connectivity index (χ4v) is 3.97. The van der Waals surface area contributed by atoms with E-state index in [0.717, 1.165) is 29.3 Å². The molecule has 4 rings (SSSR count). The van der Waals surface area contributed by atoms with Crippen LogP contribution in [0.5, 0.6) is 0 Å². The number of rotatable bonds is 8. The summed E-state index contributed by atoms with van der Waals surface area (Å²) in [6.07, 6.45) is 3.68. The van der Waals surface area contributed by atoms with Crippen LogP contribution in [0.2, 0.25) is 0 Å². The molecule has 0 saturated heterocycles. The number of hydrogen-bond donors (Lipinski definition) is 2. The van der Waals surface area contributed by atoms with Gasteiger partial charge in [-0.05, 0) is 38.3 Å². The number of fused-ring (bicyclic) bond motifs is 1. The quantitative estimate of drug-likeness (QED) is 0.399. The summed E-state index contributed by atoms with van der Waals surface area (Å²) in [5.74, 6) is 0.409. The van der Waals surface area contributed by atoms with Crippen LogP contribution >= 0.6 is 11.8 Å². The highest BCUT2D eigenvalue weighted by molar-refractivity contribution is 8.00. The minimum atomic E-state index is -0.333. The third-order valence-electron chi connectivity index (χ3n) is 4.97. The third-order valence-corrected chi connectivity index (χ3v) is 5.90. The Bertz CT molecular complexity index is 1120. The van der Waals surface area contributed by atoms with Crippen LogP contribution in [-0.4, -0.2) is 32.4 Å². The lowest BCUT2D eigenvalue weighted by atomic mass is 10.1. The van der Waals surface area contributed by atoms with Crippen molar-refractivity contribution in [1.29, 1.82) is 0 Å². The predicted molar refractivity (Wildman–Crippen MR) is 119 cm³/mol. The Morgan fingerprint density at radius 2 is 1.87 bits per heavy atom. The van der Waals surface area contributed by atoms with Crippen molar-refractivity contribution in [3.63, 3.8) is 0 Å². The number of para-hydroxylation sites is 1. The van der Waals surface area contributed by atoms with E-state index >= 15 is 0 Å². The van der Waals surface area contributed by atoms with Gasteiger partial charge in [-0.1, -0.05) is 60.3 Å². The molecule has 1 amide bonds. The highest BCUT2D eigenvalue weighted by Crippen LogP contribution is 2.30. The molecule has 2 atom stereocenters. The first kappa shape index (κ1) is 20.2. The second-order valence-electron chi connectivity index (χ2n) is 7.32. The smallest absolute Gasteiger partial charge is 0.277 e. The Labute approximate surface area is 179 Å². The fourth-order valence-electron chi connectivity index (χ4n) is 3.28. The highest BCUT2D eigenvalue weighted by Gasteiger charge is 2.21. The van der Waals surface area contributed by atoms with Gasteiger partial charge >= 0.3 is 0 Å². The summed E-state index contributed by atoms with van der Waals surface area (Å²) in [6.45, 7) is 3.87. The van der Waals surface area contributed by atoms with E-state index in [2.05, 4.69) is 32.6 Å². The van der Waals surface area contributed by atoms with Crippen LogP contribution < -0.4 is 5.32 Å². The number of aromatic amines is 1. The van der Waals surface area contributed by atoms with Crippen LogP contribution in [0.25, 0.3) is 22.4 Å². The highest BCUT2D eigenvalue weighted by atomic mass is 32.2. The number of carbonyl (C=O) groups excluding carboxylic acids is 1. The number of carbonyl (C=O) groups is 1. The molecule has 0 bridgehead atoms. The van der Waals surface area contributed by atoms with Gasteiger partial charge in [-0.15, -0.1) is 10.2 Å². The molecule has 2 N–H and O–H groups in total. The van der Waals surface area contributed by atoms with Crippen LogP contribution in [0.4, 0.5) is 0 Å². The van der Waals surface area contributed by atoms with Crippen molar-refractivity contribution in [2.75, 3.05) is 0 Å². The van der Waals surface area contributed by atoms with Crippen molar-refractivity contribution in [3.05, 3.63) is 66.4 Å². The summed E-state index contributed by atoms with van der Waals surface area (Å²) < 4.78 is 5.81. The minimum Gasteiger partial charge on any atom is -0.411 e. The molecular weight excluding hydrogens is 396 g/mol. The molecule has 7 heteroatoms. The van der Waals surface area contributed by atoms with Gasteiger partial charge in [0.05, 0.1) is 10.8 Å². The van der Waals surface area contributed by atoms with Gasteiger partial charge in [0.2, 0.25) is 5.91 Å². The molecule has 0 fully saturated rings. The van der Waals surface area contributed by atoms with Crippen LogP contribution in [-0.2, 0) is 11.2 Å². The molecule has 6 nitrogen and oxygen atoms in total. The lowest BCUT2D eigenvalue weighted by Crippen LogP contribution is -2.37. The summed E-state index contributed by atoms with van der Waals surface area (Å²) >= 11 is 1.27. The summed E-state index contributed by atoms with van der Waals surface area (Å²) in [4.78, 5) is 15.8. The van der Waals surface area contributed by atoms with Crippen molar-refractivity contribution in [3.8, 4) is 11.5 Å². The third kappa shape index (κ3) is 4.74. The first-order valence-corrected chi connectivity index (χ1v) is 10.9. The maximum absolute atomic E-state index is 12.6. The van der Waals surface area contributed by atoms with Crippen LogP contribution in [0.15, 0.2) is 70.4 Å². The number of H-pyrrole nitrogens is 1. The van der Waals surface area contributed by atoms with Crippen LogP contribution in [0.1, 0.15) is 25.8 Å². The summed E-state index contributed by atoms with van der Waals surface area (Å²) in [7, 11) is 0. The predicted octanol–water partition coefficient (Wildman–Crippen LogP) is 4.84. The van der Waals surface area contributed by atoms with E-state index in [0.29, 0.717) is 11.1 Å². The molecule has 0 saturated carbocycles. The van der Waals surface area contributed by atoms with E-state index < -0.39 is 0 Å².